The third-order valence-corrected chi connectivity index (χ3v) is 3.64. The lowest BCUT2D eigenvalue weighted by atomic mass is 10.1. The van der Waals surface area contributed by atoms with Gasteiger partial charge in [-0.2, -0.15) is 5.10 Å². The van der Waals surface area contributed by atoms with E-state index in [1.54, 1.807) is 37.4 Å². The second-order valence-corrected chi connectivity index (χ2v) is 5.50. The lowest BCUT2D eigenvalue weighted by molar-refractivity contribution is -0.123. The summed E-state index contributed by atoms with van der Waals surface area (Å²) in [6, 6.07) is 17.8. The zero-order chi connectivity index (χ0) is 19.1. The normalized spacial score (nSPS) is 10.1. The summed E-state index contributed by atoms with van der Waals surface area (Å²) in [5.74, 6) is 0.191. The Morgan fingerprint density at radius 1 is 1.00 bits per heavy atom. The predicted octanol–water partition coefficient (Wildman–Crippen LogP) is 1.93. The summed E-state index contributed by atoms with van der Waals surface area (Å²) in [4.78, 5) is 23.9. The maximum absolute atomic E-state index is 12.1. The molecule has 27 heavy (non-hydrogen) atoms. The van der Waals surface area contributed by atoms with E-state index in [1.165, 1.54) is 0 Å². The number of hydrazine groups is 1. The van der Waals surface area contributed by atoms with Gasteiger partial charge in [0, 0.05) is 5.56 Å². The first-order chi connectivity index (χ1) is 13.2. The number of H-pyrrole nitrogens is 1. The Hall–Kier alpha value is -3.81. The van der Waals surface area contributed by atoms with E-state index in [0.29, 0.717) is 17.2 Å². The van der Waals surface area contributed by atoms with Crippen molar-refractivity contribution in [2.45, 2.75) is 0 Å². The Morgan fingerprint density at radius 3 is 2.41 bits per heavy atom. The molecule has 0 saturated heterocycles. The molecule has 3 aromatic rings. The van der Waals surface area contributed by atoms with Crippen molar-refractivity contribution in [3.63, 3.8) is 0 Å². The van der Waals surface area contributed by atoms with E-state index in [-0.39, 0.29) is 12.3 Å². The van der Waals surface area contributed by atoms with Crippen LogP contribution in [0.4, 0.5) is 0 Å². The summed E-state index contributed by atoms with van der Waals surface area (Å²) >= 11 is 0. The molecule has 0 aliphatic rings. The van der Waals surface area contributed by atoms with E-state index >= 15 is 0 Å². The van der Waals surface area contributed by atoms with E-state index < -0.39 is 11.8 Å². The van der Waals surface area contributed by atoms with Crippen molar-refractivity contribution in [2.75, 3.05) is 13.7 Å². The van der Waals surface area contributed by atoms with Crippen molar-refractivity contribution in [1.82, 2.24) is 21.0 Å². The molecule has 0 saturated carbocycles. The molecule has 0 atom stereocenters. The smallest absolute Gasteiger partial charge is 0.287 e. The monoisotopic (exact) mass is 366 g/mol. The Bertz CT molecular complexity index is 907. The maximum Gasteiger partial charge on any atom is 0.287 e. The van der Waals surface area contributed by atoms with Crippen LogP contribution in [-0.2, 0) is 4.79 Å². The minimum absolute atomic E-state index is 0.227. The Balaban J connectivity index is 1.47. The van der Waals surface area contributed by atoms with E-state index in [4.69, 9.17) is 9.47 Å². The number of nitrogens with zero attached hydrogens (tertiary/aromatic N) is 1. The fourth-order valence-corrected chi connectivity index (χ4v) is 2.25. The number of ether oxygens (including phenoxy) is 2. The third-order valence-electron chi connectivity index (χ3n) is 3.64. The molecule has 0 radical (unpaired) electrons. The number of aromatic amines is 1. The van der Waals surface area contributed by atoms with Crippen LogP contribution in [0, 0.1) is 0 Å². The number of carbonyl (C=O) groups is 2. The van der Waals surface area contributed by atoms with Crippen LogP contribution in [0.15, 0.2) is 60.7 Å². The molecule has 3 rings (SSSR count). The predicted molar refractivity (Wildman–Crippen MR) is 98.1 cm³/mol. The van der Waals surface area contributed by atoms with Gasteiger partial charge in [-0.25, -0.2) is 0 Å². The topological polar surface area (TPSA) is 105 Å². The summed E-state index contributed by atoms with van der Waals surface area (Å²) < 4.78 is 10.4. The largest absolute Gasteiger partial charge is 0.497 e. The van der Waals surface area contributed by atoms with Gasteiger partial charge >= 0.3 is 0 Å². The molecular formula is C19H18N4O4. The maximum atomic E-state index is 12.1. The molecule has 2 aromatic carbocycles. The summed E-state index contributed by atoms with van der Waals surface area (Å²) in [6.07, 6.45) is 0. The molecule has 0 aliphatic carbocycles. The second-order valence-electron chi connectivity index (χ2n) is 5.50. The SMILES string of the molecule is COc1ccc(OCC(=O)NNC(=O)c2cc(-c3ccccc3)n[nH]2)cc1. The van der Waals surface area contributed by atoms with Crippen LogP contribution in [0.25, 0.3) is 11.3 Å². The minimum Gasteiger partial charge on any atom is -0.497 e. The first-order valence-electron chi connectivity index (χ1n) is 8.12. The molecule has 1 aromatic heterocycles. The van der Waals surface area contributed by atoms with Gasteiger partial charge in [-0.05, 0) is 30.3 Å². The van der Waals surface area contributed by atoms with Crippen LogP contribution in [0.2, 0.25) is 0 Å². The van der Waals surface area contributed by atoms with Gasteiger partial charge in [0.2, 0.25) is 0 Å². The average Bonchev–Trinajstić information content (AvgIpc) is 3.22. The number of nitrogens with one attached hydrogen (secondary N) is 3. The minimum atomic E-state index is -0.512. The standard InChI is InChI=1S/C19H18N4O4/c1-26-14-7-9-15(10-8-14)27-12-18(24)22-23-19(25)17-11-16(20-21-17)13-5-3-2-4-6-13/h2-11H,12H2,1H3,(H,20,21)(H,22,24)(H,23,25). The fraction of sp³-hybridized carbons (Fsp3) is 0.105. The van der Waals surface area contributed by atoms with Crippen LogP contribution in [0.3, 0.4) is 0 Å². The van der Waals surface area contributed by atoms with Gasteiger partial charge in [-0.1, -0.05) is 30.3 Å². The summed E-state index contributed by atoms with van der Waals surface area (Å²) in [5, 5.41) is 6.73. The fourth-order valence-electron chi connectivity index (χ4n) is 2.25. The second kappa shape index (κ2) is 8.52. The average molecular weight is 366 g/mol. The van der Waals surface area contributed by atoms with Gasteiger partial charge in [0.1, 0.15) is 17.2 Å². The van der Waals surface area contributed by atoms with Crippen molar-refractivity contribution in [3.05, 3.63) is 66.4 Å². The number of aromatic nitrogens is 2. The lowest BCUT2D eigenvalue weighted by Gasteiger charge is -2.08. The third kappa shape index (κ3) is 4.85. The molecule has 0 unspecified atom stereocenters. The number of benzene rings is 2. The van der Waals surface area contributed by atoms with Crippen molar-refractivity contribution in [2.24, 2.45) is 0 Å². The number of methoxy groups -OCH3 is 1. The number of rotatable bonds is 6. The Kier molecular flexibility index (Phi) is 5.68. The number of hydrogen-bond donors (Lipinski definition) is 3. The summed E-state index contributed by atoms with van der Waals surface area (Å²) in [5.41, 5.74) is 6.34. The molecular weight excluding hydrogens is 348 g/mol. The highest BCUT2D eigenvalue weighted by molar-refractivity contribution is 5.94. The van der Waals surface area contributed by atoms with Crippen LogP contribution in [0.1, 0.15) is 10.5 Å². The molecule has 0 aliphatic heterocycles. The Labute approximate surface area is 155 Å². The molecule has 0 fully saturated rings. The van der Waals surface area contributed by atoms with E-state index in [1.807, 2.05) is 30.3 Å². The summed E-state index contributed by atoms with van der Waals surface area (Å²) in [7, 11) is 1.56. The zero-order valence-electron chi connectivity index (χ0n) is 14.6. The molecule has 2 amide bonds. The summed E-state index contributed by atoms with van der Waals surface area (Å²) in [6.45, 7) is -0.245. The number of amides is 2. The molecule has 1 heterocycles. The van der Waals surface area contributed by atoms with Crippen LogP contribution < -0.4 is 20.3 Å². The lowest BCUT2D eigenvalue weighted by Crippen LogP contribution is -2.44. The van der Waals surface area contributed by atoms with E-state index in [0.717, 1.165) is 5.56 Å². The highest BCUT2D eigenvalue weighted by atomic mass is 16.5. The van der Waals surface area contributed by atoms with Gasteiger partial charge in [0.25, 0.3) is 11.8 Å². The van der Waals surface area contributed by atoms with Gasteiger partial charge < -0.3 is 9.47 Å². The first kappa shape index (κ1) is 18.0. The van der Waals surface area contributed by atoms with Gasteiger partial charge in [-0.15, -0.1) is 0 Å². The molecule has 138 valence electrons. The van der Waals surface area contributed by atoms with Crippen molar-refractivity contribution in [3.8, 4) is 22.8 Å². The number of carbonyl (C=O) groups excluding carboxylic acids is 2. The van der Waals surface area contributed by atoms with Gasteiger partial charge in [0.05, 0.1) is 12.8 Å². The van der Waals surface area contributed by atoms with Crippen LogP contribution in [-0.4, -0.2) is 35.7 Å². The molecule has 0 bridgehead atoms. The molecule has 8 nitrogen and oxygen atoms in total. The van der Waals surface area contributed by atoms with Crippen LogP contribution in [0.5, 0.6) is 11.5 Å². The van der Waals surface area contributed by atoms with Crippen molar-refractivity contribution < 1.29 is 19.1 Å². The highest BCUT2D eigenvalue weighted by Crippen LogP contribution is 2.17. The van der Waals surface area contributed by atoms with Gasteiger partial charge in [0.15, 0.2) is 6.61 Å². The molecule has 8 heteroatoms. The van der Waals surface area contributed by atoms with Crippen LogP contribution >= 0.6 is 0 Å². The van der Waals surface area contributed by atoms with E-state index in [2.05, 4.69) is 21.0 Å². The quantitative estimate of drug-likeness (QED) is 0.578. The van der Waals surface area contributed by atoms with E-state index in [9.17, 15) is 9.59 Å². The zero-order valence-corrected chi connectivity index (χ0v) is 14.6. The van der Waals surface area contributed by atoms with Crippen molar-refractivity contribution >= 4 is 11.8 Å². The molecule has 0 spiro atoms. The highest BCUT2D eigenvalue weighted by Gasteiger charge is 2.12. The Morgan fingerprint density at radius 2 is 1.70 bits per heavy atom. The number of hydrogen-bond acceptors (Lipinski definition) is 5. The first-order valence-corrected chi connectivity index (χ1v) is 8.12. The van der Waals surface area contributed by atoms with Crippen molar-refractivity contribution in [1.29, 1.82) is 0 Å². The van der Waals surface area contributed by atoms with Gasteiger partial charge in [-0.3, -0.25) is 25.5 Å². The molecule has 3 N–H and O–H groups in total.